The summed E-state index contributed by atoms with van der Waals surface area (Å²) in [6.45, 7) is 16.3. The van der Waals surface area contributed by atoms with Crippen LogP contribution in [0.5, 0.6) is 0 Å². The van der Waals surface area contributed by atoms with Crippen LogP contribution in [0.2, 0.25) is 0 Å². The van der Waals surface area contributed by atoms with E-state index in [9.17, 15) is 0 Å². The van der Waals surface area contributed by atoms with Crippen molar-refractivity contribution in [1.82, 2.24) is 4.90 Å². The molecule has 0 aliphatic carbocycles. The third-order valence-corrected chi connectivity index (χ3v) is 5.10. The summed E-state index contributed by atoms with van der Waals surface area (Å²) in [6.07, 6.45) is 2.27. The Morgan fingerprint density at radius 2 is 1.57 bits per heavy atom. The van der Waals surface area contributed by atoms with Crippen LogP contribution in [-0.2, 0) is 11.3 Å². The number of methoxy groups -OCH3 is 1. The Morgan fingerprint density at radius 1 is 1.00 bits per heavy atom. The van der Waals surface area contributed by atoms with Gasteiger partial charge in [-0.05, 0) is 68.0 Å². The second-order valence-electron chi connectivity index (χ2n) is 6.22. The minimum absolute atomic E-state index is 0.797. The van der Waals surface area contributed by atoms with Crippen LogP contribution in [0.25, 0.3) is 0 Å². The molecule has 0 atom stereocenters. The van der Waals surface area contributed by atoms with Crippen LogP contribution in [0.3, 0.4) is 0 Å². The second kappa shape index (κ2) is 6.61. The van der Waals surface area contributed by atoms with E-state index in [0.717, 1.165) is 32.8 Å². The molecule has 0 fully saturated rings. The molecule has 2 rings (SSSR count). The first-order valence-corrected chi connectivity index (χ1v) is 7.83. The van der Waals surface area contributed by atoms with Crippen molar-refractivity contribution in [1.29, 1.82) is 0 Å². The van der Waals surface area contributed by atoms with E-state index in [1.807, 2.05) is 0 Å². The molecule has 21 heavy (non-hydrogen) atoms. The Morgan fingerprint density at radius 3 is 2.14 bits per heavy atom. The molecule has 0 bridgehead atoms. The summed E-state index contributed by atoms with van der Waals surface area (Å²) in [7, 11) is 1.76. The average Bonchev–Trinajstić information content (AvgIpc) is 2.93. The lowest BCUT2D eigenvalue weighted by Gasteiger charge is -2.18. The van der Waals surface area contributed by atoms with Gasteiger partial charge in [0, 0.05) is 7.11 Å². The zero-order valence-electron chi connectivity index (χ0n) is 14.4. The molecule has 0 saturated heterocycles. The molecule has 116 valence electrons. The highest BCUT2D eigenvalue weighted by Crippen LogP contribution is 2.26. The third-order valence-electron chi connectivity index (χ3n) is 5.10. The van der Waals surface area contributed by atoms with E-state index >= 15 is 0 Å². The predicted molar refractivity (Wildman–Crippen MR) is 88.5 cm³/mol. The Labute approximate surface area is 129 Å². The molecular weight excluding hydrogens is 260 g/mol. The van der Waals surface area contributed by atoms with Crippen LogP contribution < -0.4 is 0 Å². The molecule has 1 aliphatic heterocycles. The average molecular weight is 289 g/mol. The second-order valence-corrected chi connectivity index (χ2v) is 6.22. The fourth-order valence-corrected chi connectivity index (χ4v) is 3.12. The molecular formula is C18H29N2O+. The molecule has 1 aliphatic rings. The molecule has 0 amide bonds. The van der Waals surface area contributed by atoms with Crippen LogP contribution in [0.4, 0.5) is 0 Å². The van der Waals surface area contributed by atoms with Crippen LogP contribution >= 0.6 is 0 Å². The van der Waals surface area contributed by atoms with Gasteiger partial charge in [-0.1, -0.05) is 0 Å². The molecule has 3 nitrogen and oxygen atoms in total. The highest BCUT2D eigenvalue weighted by Gasteiger charge is 2.21. The van der Waals surface area contributed by atoms with Crippen molar-refractivity contribution in [3.05, 3.63) is 33.4 Å². The van der Waals surface area contributed by atoms with E-state index in [-0.39, 0.29) is 0 Å². The summed E-state index contributed by atoms with van der Waals surface area (Å²) in [5, 5.41) is 0. The van der Waals surface area contributed by atoms with Crippen LogP contribution in [0.1, 0.15) is 33.4 Å². The summed E-state index contributed by atoms with van der Waals surface area (Å²) in [4.78, 5) is 2.35. The molecule has 0 saturated carbocycles. The molecule has 1 aromatic carbocycles. The summed E-state index contributed by atoms with van der Waals surface area (Å²) in [5.74, 6) is 0. The Hall–Kier alpha value is -1.35. The van der Waals surface area contributed by atoms with Gasteiger partial charge in [0.25, 0.3) is 0 Å². The standard InChI is InChI=1S/C18H29N2O/c1-13-14(2)16(4)18(17(5)15(13)3)11-20-8-7-19(12-20)9-10-21-6/h12H,7-11H2,1-6H3/q+1. The van der Waals surface area contributed by atoms with E-state index in [1.54, 1.807) is 7.11 Å². The summed E-state index contributed by atoms with van der Waals surface area (Å²) < 4.78 is 7.59. The third kappa shape index (κ3) is 3.29. The quantitative estimate of drug-likeness (QED) is 0.775. The zero-order chi connectivity index (χ0) is 15.6. The lowest BCUT2D eigenvalue weighted by Crippen LogP contribution is -2.23. The number of rotatable bonds is 5. The fourth-order valence-electron chi connectivity index (χ4n) is 3.12. The van der Waals surface area contributed by atoms with Crippen molar-refractivity contribution >= 4 is 6.34 Å². The van der Waals surface area contributed by atoms with Gasteiger partial charge in [0.15, 0.2) is 0 Å². The highest BCUT2D eigenvalue weighted by molar-refractivity contribution is 5.52. The van der Waals surface area contributed by atoms with Gasteiger partial charge < -0.3 is 4.74 Å². The summed E-state index contributed by atoms with van der Waals surface area (Å²) in [5.41, 5.74) is 8.76. The number of hydrogen-bond donors (Lipinski definition) is 0. The lowest BCUT2D eigenvalue weighted by atomic mass is 9.89. The van der Waals surface area contributed by atoms with Gasteiger partial charge in [-0.2, -0.15) is 0 Å². The van der Waals surface area contributed by atoms with E-state index in [2.05, 4.69) is 50.4 Å². The molecule has 1 heterocycles. The van der Waals surface area contributed by atoms with Gasteiger partial charge in [0.05, 0.1) is 6.61 Å². The van der Waals surface area contributed by atoms with Gasteiger partial charge in [-0.15, -0.1) is 0 Å². The summed E-state index contributed by atoms with van der Waals surface area (Å²) in [6, 6.07) is 0. The largest absolute Gasteiger partial charge is 0.381 e. The predicted octanol–water partition coefficient (Wildman–Crippen LogP) is 2.73. The Balaban J connectivity index is 2.21. The molecule has 0 unspecified atom stereocenters. The number of benzene rings is 1. The molecule has 0 N–H and O–H groups in total. The van der Waals surface area contributed by atoms with Gasteiger partial charge >= 0.3 is 0 Å². The normalized spacial score (nSPS) is 14.8. The van der Waals surface area contributed by atoms with E-state index in [0.29, 0.717) is 0 Å². The number of nitrogens with zero attached hydrogens (tertiary/aromatic N) is 2. The molecule has 1 aromatic rings. The maximum Gasteiger partial charge on any atom is 0.234 e. The van der Waals surface area contributed by atoms with E-state index in [4.69, 9.17) is 4.74 Å². The molecule has 3 heteroatoms. The molecule has 0 radical (unpaired) electrons. The van der Waals surface area contributed by atoms with E-state index in [1.165, 1.54) is 33.4 Å². The van der Waals surface area contributed by atoms with Crippen LogP contribution in [0.15, 0.2) is 0 Å². The SMILES string of the molecule is COCCN1C=[N+](Cc2c(C)c(C)c(C)c(C)c2C)CC1. The van der Waals surface area contributed by atoms with Crippen molar-refractivity contribution in [3.8, 4) is 0 Å². The molecule has 0 aromatic heterocycles. The zero-order valence-corrected chi connectivity index (χ0v) is 14.4. The van der Waals surface area contributed by atoms with Gasteiger partial charge in [0.2, 0.25) is 6.34 Å². The van der Waals surface area contributed by atoms with E-state index < -0.39 is 0 Å². The first-order valence-electron chi connectivity index (χ1n) is 7.83. The fraction of sp³-hybridized carbons (Fsp3) is 0.611. The minimum Gasteiger partial charge on any atom is -0.381 e. The van der Waals surface area contributed by atoms with Gasteiger partial charge in [-0.25, -0.2) is 0 Å². The highest BCUT2D eigenvalue weighted by atomic mass is 16.5. The maximum atomic E-state index is 5.16. The van der Waals surface area contributed by atoms with Crippen molar-refractivity contribution in [3.63, 3.8) is 0 Å². The maximum absolute atomic E-state index is 5.16. The summed E-state index contributed by atoms with van der Waals surface area (Å²) >= 11 is 0. The van der Waals surface area contributed by atoms with Crippen molar-refractivity contribution < 1.29 is 9.31 Å². The van der Waals surface area contributed by atoms with Gasteiger partial charge in [0.1, 0.15) is 26.2 Å². The first-order chi connectivity index (χ1) is 9.95. The molecule has 0 spiro atoms. The lowest BCUT2D eigenvalue weighted by molar-refractivity contribution is -0.530. The Bertz CT molecular complexity index is 532. The first kappa shape index (κ1) is 16.0. The van der Waals surface area contributed by atoms with Crippen LogP contribution in [0, 0.1) is 34.6 Å². The van der Waals surface area contributed by atoms with Gasteiger partial charge in [-0.3, -0.25) is 9.48 Å². The monoisotopic (exact) mass is 289 g/mol. The number of hydrogen-bond acceptors (Lipinski definition) is 2. The van der Waals surface area contributed by atoms with Crippen molar-refractivity contribution in [2.45, 2.75) is 41.2 Å². The topological polar surface area (TPSA) is 15.5 Å². The number of ether oxygens (including phenoxy) is 1. The van der Waals surface area contributed by atoms with Crippen molar-refractivity contribution in [2.75, 3.05) is 33.4 Å². The van der Waals surface area contributed by atoms with Crippen molar-refractivity contribution in [2.24, 2.45) is 0 Å². The van der Waals surface area contributed by atoms with Crippen LogP contribution in [-0.4, -0.2) is 49.2 Å². The minimum atomic E-state index is 0.797. The Kier molecular flexibility index (Phi) is 5.04. The smallest absolute Gasteiger partial charge is 0.234 e.